The van der Waals surface area contributed by atoms with Crippen molar-refractivity contribution in [1.82, 2.24) is 9.55 Å². The van der Waals surface area contributed by atoms with Gasteiger partial charge in [-0.3, -0.25) is 4.79 Å². The van der Waals surface area contributed by atoms with Crippen molar-refractivity contribution in [3.8, 4) is 11.4 Å². The number of ether oxygens (including phenoxy) is 1. The lowest BCUT2D eigenvalue weighted by atomic mass is 9.86. The van der Waals surface area contributed by atoms with Crippen LogP contribution in [0, 0.1) is 6.07 Å². The molecule has 2 aliphatic heterocycles. The van der Waals surface area contributed by atoms with Crippen molar-refractivity contribution in [3.05, 3.63) is 62.9 Å². The van der Waals surface area contributed by atoms with E-state index in [1.165, 1.54) is 0 Å². The lowest BCUT2D eigenvalue weighted by Crippen LogP contribution is -2.44. The standard InChI is InChI=1S/C22H19N2O4/c1-3-12-13-7-5-6-8-17(13)23-19-14(12)10-24-18(19)9-16-15(20(24)25)11-28-21(26)22(16,27)4-2/h6-9,27H,3-4,10-11H2,1-2H3/t22-/m1/s1. The number of aromatic nitrogens is 2. The highest BCUT2D eigenvalue weighted by molar-refractivity contribution is 5.88. The number of cyclic esters (lactones) is 1. The number of fused-ring (bicyclic) bond motifs is 5. The van der Waals surface area contributed by atoms with E-state index in [0.29, 0.717) is 23.4 Å². The molecular weight excluding hydrogens is 356 g/mol. The first-order chi connectivity index (χ1) is 13.5. The van der Waals surface area contributed by atoms with E-state index in [1.54, 1.807) is 17.6 Å². The Kier molecular flexibility index (Phi) is 3.52. The lowest BCUT2D eigenvalue weighted by molar-refractivity contribution is -0.172. The van der Waals surface area contributed by atoms with Crippen molar-refractivity contribution in [2.24, 2.45) is 0 Å². The highest BCUT2D eigenvalue weighted by Crippen LogP contribution is 2.40. The fraction of sp³-hybridized carbons (Fsp3) is 0.318. The predicted molar refractivity (Wildman–Crippen MR) is 103 cm³/mol. The Morgan fingerprint density at radius 3 is 2.89 bits per heavy atom. The van der Waals surface area contributed by atoms with Gasteiger partial charge in [0.15, 0.2) is 5.60 Å². The molecule has 1 aromatic carbocycles. The van der Waals surface area contributed by atoms with Crippen molar-refractivity contribution < 1.29 is 14.6 Å². The van der Waals surface area contributed by atoms with Gasteiger partial charge in [-0.1, -0.05) is 19.9 Å². The van der Waals surface area contributed by atoms with Gasteiger partial charge in [-0.25, -0.2) is 9.78 Å². The van der Waals surface area contributed by atoms with E-state index in [4.69, 9.17) is 9.72 Å². The largest absolute Gasteiger partial charge is 0.458 e. The quantitative estimate of drug-likeness (QED) is 0.544. The monoisotopic (exact) mass is 375 g/mol. The number of aryl methyl sites for hydroxylation is 1. The maximum atomic E-state index is 13.2. The third kappa shape index (κ3) is 2.04. The maximum absolute atomic E-state index is 13.2. The van der Waals surface area contributed by atoms with Crippen molar-refractivity contribution in [2.75, 3.05) is 0 Å². The van der Waals surface area contributed by atoms with E-state index in [0.717, 1.165) is 34.1 Å². The summed E-state index contributed by atoms with van der Waals surface area (Å²) in [7, 11) is 0. The SMILES string of the molecule is CCc1c2c(nc3cc[c]cc13)-c1cc3c(c(=O)n1C2)COC(=O)[C@@]3(O)CC. The average Bonchev–Trinajstić information content (AvgIpc) is 3.08. The summed E-state index contributed by atoms with van der Waals surface area (Å²) in [4.78, 5) is 30.3. The molecule has 5 rings (SSSR count). The second kappa shape index (κ2) is 5.75. The molecule has 1 radical (unpaired) electrons. The van der Waals surface area contributed by atoms with Gasteiger partial charge < -0.3 is 14.4 Å². The molecule has 6 nitrogen and oxygen atoms in total. The molecular formula is C22H19N2O4. The molecule has 0 saturated heterocycles. The molecule has 0 bridgehead atoms. The number of pyridine rings is 2. The van der Waals surface area contributed by atoms with E-state index >= 15 is 0 Å². The Bertz CT molecular complexity index is 1230. The summed E-state index contributed by atoms with van der Waals surface area (Å²) in [6.07, 6.45) is 0.942. The highest BCUT2D eigenvalue weighted by atomic mass is 16.6. The first-order valence-corrected chi connectivity index (χ1v) is 9.48. The molecule has 141 valence electrons. The second-order valence-electron chi connectivity index (χ2n) is 7.32. The van der Waals surface area contributed by atoms with E-state index < -0.39 is 11.6 Å². The second-order valence-corrected chi connectivity index (χ2v) is 7.32. The minimum Gasteiger partial charge on any atom is -0.458 e. The van der Waals surface area contributed by atoms with Crippen LogP contribution >= 0.6 is 0 Å². The van der Waals surface area contributed by atoms with E-state index in [-0.39, 0.29) is 18.6 Å². The minimum absolute atomic E-state index is 0.114. The van der Waals surface area contributed by atoms with Crippen LogP contribution in [0.5, 0.6) is 0 Å². The van der Waals surface area contributed by atoms with Crippen LogP contribution in [0.15, 0.2) is 29.1 Å². The number of benzene rings is 1. The van der Waals surface area contributed by atoms with Gasteiger partial charge in [-0.15, -0.1) is 0 Å². The topological polar surface area (TPSA) is 81.4 Å². The molecule has 3 aromatic rings. The van der Waals surface area contributed by atoms with Gasteiger partial charge in [-0.05, 0) is 42.7 Å². The molecule has 28 heavy (non-hydrogen) atoms. The van der Waals surface area contributed by atoms with Gasteiger partial charge in [0.1, 0.15) is 6.61 Å². The molecule has 0 amide bonds. The van der Waals surface area contributed by atoms with E-state index in [9.17, 15) is 14.7 Å². The third-order valence-corrected chi connectivity index (χ3v) is 6.00. The van der Waals surface area contributed by atoms with Gasteiger partial charge in [-0.2, -0.15) is 0 Å². The number of nitrogens with zero attached hydrogens (tertiary/aromatic N) is 2. The Labute approximate surface area is 161 Å². The summed E-state index contributed by atoms with van der Waals surface area (Å²) in [5.74, 6) is -0.707. The summed E-state index contributed by atoms with van der Waals surface area (Å²) in [6, 6.07) is 10.5. The fourth-order valence-corrected chi connectivity index (χ4v) is 4.45. The Hall–Kier alpha value is -2.99. The number of carbonyl (C=O) groups excluding carboxylic acids is 1. The number of hydrogen-bond acceptors (Lipinski definition) is 5. The zero-order chi connectivity index (χ0) is 19.6. The molecule has 0 fully saturated rings. The van der Waals surface area contributed by atoms with Crippen molar-refractivity contribution >= 4 is 16.9 Å². The number of carbonyl (C=O) groups is 1. The maximum Gasteiger partial charge on any atom is 0.343 e. The van der Waals surface area contributed by atoms with Crippen molar-refractivity contribution in [1.29, 1.82) is 0 Å². The Balaban J connectivity index is 1.84. The molecule has 0 spiro atoms. The third-order valence-electron chi connectivity index (χ3n) is 6.00. The number of hydrogen-bond donors (Lipinski definition) is 1. The first-order valence-electron chi connectivity index (χ1n) is 9.48. The number of rotatable bonds is 2. The van der Waals surface area contributed by atoms with E-state index in [2.05, 4.69) is 13.0 Å². The van der Waals surface area contributed by atoms with Crippen LogP contribution in [-0.2, 0) is 34.7 Å². The summed E-state index contributed by atoms with van der Waals surface area (Å²) in [6.45, 7) is 4.10. The van der Waals surface area contributed by atoms with Crippen LogP contribution in [0.3, 0.4) is 0 Å². The Morgan fingerprint density at radius 2 is 2.14 bits per heavy atom. The number of esters is 1. The van der Waals surface area contributed by atoms with Crippen LogP contribution in [0.4, 0.5) is 0 Å². The zero-order valence-corrected chi connectivity index (χ0v) is 15.7. The van der Waals surface area contributed by atoms with Crippen molar-refractivity contribution in [3.63, 3.8) is 0 Å². The highest BCUT2D eigenvalue weighted by Gasteiger charge is 2.45. The lowest BCUT2D eigenvalue weighted by Gasteiger charge is -2.31. The molecule has 0 saturated carbocycles. The van der Waals surface area contributed by atoms with Gasteiger partial charge in [0.05, 0.1) is 29.0 Å². The van der Waals surface area contributed by atoms with Crippen LogP contribution in [0.1, 0.15) is 42.5 Å². The fourth-order valence-electron chi connectivity index (χ4n) is 4.45. The summed E-state index contributed by atoms with van der Waals surface area (Å²) >= 11 is 0. The molecule has 6 heteroatoms. The zero-order valence-electron chi connectivity index (χ0n) is 15.7. The molecule has 1 atom stereocenters. The average molecular weight is 375 g/mol. The summed E-state index contributed by atoms with van der Waals surface area (Å²) in [5.41, 5.74) is 3.05. The minimum atomic E-state index is -1.80. The van der Waals surface area contributed by atoms with Crippen LogP contribution < -0.4 is 5.56 Å². The van der Waals surface area contributed by atoms with Crippen LogP contribution in [-0.4, -0.2) is 20.6 Å². The summed E-state index contributed by atoms with van der Waals surface area (Å²) in [5, 5.41) is 12.0. The summed E-state index contributed by atoms with van der Waals surface area (Å²) < 4.78 is 6.79. The normalized spacial score (nSPS) is 19.9. The van der Waals surface area contributed by atoms with Crippen molar-refractivity contribution in [2.45, 2.75) is 45.4 Å². The predicted octanol–water partition coefficient (Wildman–Crippen LogP) is 2.44. The van der Waals surface area contributed by atoms with Gasteiger partial charge in [0, 0.05) is 16.5 Å². The molecule has 0 unspecified atom stereocenters. The molecule has 0 aliphatic carbocycles. The molecule has 2 aliphatic rings. The van der Waals surface area contributed by atoms with Crippen LogP contribution in [0.2, 0.25) is 0 Å². The smallest absolute Gasteiger partial charge is 0.343 e. The first kappa shape index (κ1) is 17.1. The Morgan fingerprint density at radius 1 is 1.32 bits per heavy atom. The van der Waals surface area contributed by atoms with E-state index in [1.807, 2.05) is 18.2 Å². The molecule has 4 heterocycles. The van der Waals surface area contributed by atoms with Gasteiger partial charge in [0.2, 0.25) is 0 Å². The van der Waals surface area contributed by atoms with Gasteiger partial charge >= 0.3 is 5.97 Å². The van der Waals surface area contributed by atoms with Gasteiger partial charge in [0.25, 0.3) is 5.56 Å². The molecule has 1 N–H and O–H groups in total. The molecule has 2 aromatic heterocycles. The van der Waals surface area contributed by atoms with Crippen LogP contribution in [0.25, 0.3) is 22.3 Å². The number of aliphatic hydroxyl groups is 1.